The summed E-state index contributed by atoms with van der Waals surface area (Å²) in [6, 6.07) is 5.96. The first-order valence-electron chi connectivity index (χ1n) is 5.24. The summed E-state index contributed by atoms with van der Waals surface area (Å²) in [5.74, 6) is 0.444. The highest BCUT2D eigenvalue weighted by Gasteiger charge is 2.12. The number of nitrogen functional groups attached to an aromatic ring is 1. The molecule has 4 heteroatoms. The smallest absolute Gasteiger partial charge is 0.142 e. The molecule has 0 saturated heterocycles. The van der Waals surface area contributed by atoms with Crippen molar-refractivity contribution in [1.82, 2.24) is 9.97 Å². The van der Waals surface area contributed by atoms with Gasteiger partial charge in [0.25, 0.3) is 0 Å². The molecule has 0 radical (unpaired) electrons. The van der Waals surface area contributed by atoms with Gasteiger partial charge in [-0.2, -0.15) is 0 Å². The van der Waals surface area contributed by atoms with E-state index in [4.69, 9.17) is 11.5 Å². The first-order valence-corrected chi connectivity index (χ1v) is 5.24. The molecule has 2 aromatic rings. The maximum atomic E-state index is 5.98. The lowest BCUT2D eigenvalue weighted by Crippen LogP contribution is -2.34. The Morgan fingerprint density at radius 1 is 1.25 bits per heavy atom. The molecule has 2 rings (SSSR count). The molecule has 0 atom stereocenters. The van der Waals surface area contributed by atoms with E-state index in [-0.39, 0.29) is 5.54 Å². The Morgan fingerprint density at radius 3 is 2.69 bits per heavy atom. The summed E-state index contributed by atoms with van der Waals surface area (Å²) in [7, 11) is 0. The number of fused-ring (bicyclic) bond motifs is 1. The maximum Gasteiger partial charge on any atom is 0.142 e. The lowest BCUT2D eigenvalue weighted by Gasteiger charge is -2.18. The number of rotatable bonds is 2. The fourth-order valence-electron chi connectivity index (χ4n) is 1.71. The third-order valence-corrected chi connectivity index (χ3v) is 2.29. The van der Waals surface area contributed by atoms with Crippen LogP contribution in [0.15, 0.2) is 24.4 Å². The Labute approximate surface area is 94.7 Å². The Hall–Kier alpha value is -1.68. The van der Waals surface area contributed by atoms with Crippen molar-refractivity contribution >= 4 is 16.9 Å². The zero-order valence-corrected chi connectivity index (χ0v) is 9.57. The second-order valence-electron chi connectivity index (χ2n) is 4.78. The number of hydrogen-bond acceptors (Lipinski definition) is 4. The van der Waals surface area contributed by atoms with Crippen LogP contribution in [0.3, 0.4) is 0 Å². The van der Waals surface area contributed by atoms with Crippen LogP contribution in [0.1, 0.15) is 19.4 Å². The molecule has 0 fully saturated rings. The van der Waals surface area contributed by atoms with Crippen LogP contribution in [-0.4, -0.2) is 15.5 Å². The molecular weight excluding hydrogens is 200 g/mol. The summed E-state index contributed by atoms with van der Waals surface area (Å²) >= 11 is 0. The van der Waals surface area contributed by atoms with Gasteiger partial charge in [-0.25, -0.2) is 4.98 Å². The van der Waals surface area contributed by atoms with E-state index in [0.29, 0.717) is 5.82 Å². The minimum absolute atomic E-state index is 0.213. The van der Waals surface area contributed by atoms with Gasteiger partial charge in [-0.15, -0.1) is 0 Å². The normalized spacial score (nSPS) is 11.9. The summed E-state index contributed by atoms with van der Waals surface area (Å²) < 4.78 is 0. The van der Waals surface area contributed by atoms with Crippen molar-refractivity contribution in [3.05, 3.63) is 30.0 Å². The molecule has 16 heavy (non-hydrogen) atoms. The standard InChI is InChI=1S/C12H16N4/c1-12(2,14)6-8-3-4-9-10(5-8)15-7-11(13)16-9/h3-5,7H,6,14H2,1-2H3,(H2,13,16). The van der Waals surface area contributed by atoms with Crippen molar-refractivity contribution in [2.24, 2.45) is 5.73 Å². The van der Waals surface area contributed by atoms with Crippen molar-refractivity contribution < 1.29 is 0 Å². The van der Waals surface area contributed by atoms with Crippen molar-refractivity contribution in [1.29, 1.82) is 0 Å². The molecule has 0 aliphatic rings. The van der Waals surface area contributed by atoms with E-state index in [1.807, 2.05) is 32.0 Å². The monoisotopic (exact) mass is 216 g/mol. The van der Waals surface area contributed by atoms with Gasteiger partial charge in [-0.05, 0) is 38.0 Å². The Morgan fingerprint density at radius 2 is 2.00 bits per heavy atom. The van der Waals surface area contributed by atoms with Crippen molar-refractivity contribution in [3.63, 3.8) is 0 Å². The molecule has 4 nitrogen and oxygen atoms in total. The zero-order valence-electron chi connectivity index (χ0n) is 9.57. The highest BCUT2D eigenvalue weighted by Crippen LogP contribution is 2.16. The molecule has 4 N–H and O–H groups in total. The van der Waals surface area contributed by atoms with Crippen LogP contribution >= 0.6 is 0 Å². The number of aromatic nitrogens is 2. The predicted molar refractivity (Wildman–Crippen MR) is 65.9 cm³/mol. The Bertz CT molecular complexity index is 514. The van der Waals surface area contributed by atoms with Crippen LogP contribution in [0.2, 0.25) is 0 Å². The van der Waals surface area contributed by atoms with E-state index in [9.17, 15) is 0 Å². The third-order valence-electron chi connectivity index (χ3n) is 2.29. The van der Waals surface area contributed by atoms with Crippen molar-refractivity contribution in [3.8, 4) is 0 Å². The molecule has 1 heterocycles. The largest absolute Gasteiger partial charge is 0.382 e. The molecule has 0 amide bonds. The Balaban J connectivity index is 2.41. The number of hydrogen-bond donors (Lipinski definition) is 2. The molecule has 0 unspecified atom stereocenters. The van der Waals surface area contributed by atoms with Crippen molar-refractivity contribution in [2.75, 3.05) is 5.73 Å². The van der Waals surface area contributed by atoms with Crippen LogP contribution in [0, 0.1) is 0 Å². The first-order chi connectivity index (χ1) is 7.44. The molecule has 0 saturated carbocycles. The van der Waals surface area contributed by atoms with Gasteiger partial charge >= 0.3 is 0 Å². The van der Waals surface area contributed by atoms with Gasteiger partial charge in [0.15, 0.2) is 0 Å². The number of anilines is 1. The van der Waals surface area contributed by atoms with Crippen molar-refractivity contribution in [2.45, 2.75) is 25.8 Å². The van der Waals surface area contributed by atoms with Gasteiger partial charge in [-0.3, -0.25) is 4.98 Å². The molecule has 0 spiro atoms. The second kappa shape index (κ2) is 3.72. The van der Waals surface area contributed by atoms with Gasteiger partial charge in [0.05, 0.1) is 17.2 Å². The van der Waals surface area contributed by atoms with Crippen LogP contribution in [-0.2, 0) is 6.42 Å². The molecule has 0 aliphatic heterocycles. The minimum Gasteiger partial charge on any atom is -0.382 e. The first kappa shape index (κ1) is 10.8. The van der Waals surface area contributed by atoms with E-state index in [0.717, 1.165) is 17.5 Å². The van der Waals surface area contributed by atoms with Gasteiger partial charge in [0, 0.05) is 5.54 Å². The SMILES string of the molecule is CC(C)(N)Cc1ccc2nc(N)cnc2c1. The van der Waals surface area contributed by atoms with Crippen LogP contribution < -0.4 is 11.5 Å². The summed E-state index contributed by atoms with van der Waals surface area (Å²) in [5.41, 5.74) is 14.2. The summed E-state index contributed by atoms with van der Waals surface area (Å²) in [4.78, 5) is 8.44. The second-order valence-corrected chi connectivity index (χ2v) is 4.78. The van der Waals surface area contributed by atoms with Gasteiger partial charge in [0.2, 0.25) is 0 Å². The number of nitrogens with two attached hydrogens (primary N) is 2. The fraction of sp³-hybridized carbons (Fsp3) is 0.333. The van der Waals surface area contributed by atoms with Crippen LogP contribution in [0.4, 0.5) is 5.82 Å². The van der Waals surface area contributed by atoms with Gasteiger partial charge in [0.1, 0.15) is 5.82 Å². The van der Waals surface area contributed by atoms with Crippen LogP contribution in [0.25, 0.3) is 11.0 Å². The summed E-state index contributed by atoms with van der Waals surface area (Å²) in [6.45, 7) is 4.01. The fourth-order valence-corrected chi connectivity index (χ4v) is 1.71. The van der Waals surface area contributed by atoms with E-state index in [2.05, 4.69) is 9.97 Å². The number of benzene rings is 1. The molecular formula is C12H16N4. The zero-order chi connectivity index (χ0) is 11.8. The molecule has 1 aromatic heterocycles. The average Bonchev–Trinajstić information content (AvgIpc) is 2.16. The van der Waals surface area contributed by atoms with E-state index in [1.54, 1.807) is 6.20 Å². The topological polar surface area (TPSA) is 77.8 Å². The van der Waals surface area contributed by atoms with Gasteiger partial charge in [-0.1, -0.05) is 6.07 Å². The van der Waals surface area contributed by atoms with Gasteiger partial charge < -0.3 is 11.5 Å². The predicted octanol–water partition coefficient (Wildman–Crippen LogP) is 1.49. The van der Waals surface area contributed by atoms with E-state index >= 15 is 0 Å². The Kier molecular flexibility index (Phi) is 2.52. The minimum atomic E-state index is -0.213. The lowest BCUT2D eigenvalue weighted by molar-refractivity contribution is 0.517. The average molecular weight is 216 g/mol. The number of nitrogens with zero attached hydrogens (tertiary/aromatic N) is 2. The maximum absolute atomic E-state index is 5.98. The highest BCUT2D eigenvalue weighted by atomic mass is 14.9. The molecule has 84 valence electrons. The molecule has 0 bridgehead atoms. The summed E-state index contributed by atoms with van der Waals surface area (Å²) in [5, 5.41) is 0. The summed E-state index contributed by atoms with van der Waals surface area (Å²) in [6.07, 6.45) is 2.38. The quantitative estimate of drug-likeness (QED) is 0.797. The highest BCUT2D eigenvalue weighted by molar-refractivity contribution is 5.76. The van der Waals surface area contributed by atoms with E-state index in [1.165, 1.54) is 5.56 Å². The third kappa shape index (κ3) is 2.46. The van der Waals surface area contributed by atoms with E-state index < -0.39 is 0 Å². The molecule has 1 aromatic carbocycles. The molecule has 0 aliphatic carbocycles. The van der Waals surface area contributed by atoms with Crippen LogP contribution in [0.5, 0.6) is 0 Å². The lowest BCUT2D eigenvalue weighted by atomic mass is 9.96.